The monoisotopic (exact) mass is 363 g/mol. The molecule has 1 atom stereocenters. The van der Waals surface area contributed by atoms with Gasteiger partial charge in [0, 0.05) is 16.3 Å². The zero-order valence-electron chi connectivity index (χ0n) is 13.4. The number of aromatic hydroxyl groups is 2. The van der Waals surface area contributed by atoms with Crippen LogP contribution in [0, 0.1) is 0 Å². The lowest BCUT2D eigenvalue weighted by molar-refractivity contribution is -0.120. The number of hydrogen-bond acceptors (Lipinski definition) is 5. The van der Waals surface area contributed by atoms with Crippen LogP contribution in [0.2, 0.25) is 0 Å². The van der Waals surface area contributed by atoms with Gasteiger partial charge in [-0.2, -0.15) is 0 Å². The van der Waals surface area contributed by atoms with Crippen LogP contribution in [0.25, 0.3) is 0 Å². The minimum Gasteiger partial charge on any atom is -0.508 e. The van der Waals surface area contributed by atoms with E-state index in [2.05, 4.69) is 5.32 Å². The highest BCUT2D eigenvalue weighted by molar-refractivity contribution is 8.00. The molecule has 1 unspecified atom stereocenters. The van der Waals surface area contributed by atoms with Gasteiger partial charge in [-0.15, -0.1) is 23.5 Å². The molecule has 24 heavy (non-hydrogen) atoms. The molecular formula is C18H21NO3S2. The summed E-state index contributed by atoms with van der Waals surface area (Å²) in [4.78, 5) is 14.1. The smallest absolute Gasteiger partial charge is 0.233 e. The number of rotatable bonds is 8. The van der Waals surface area contributed by atoms with Crippen molar-refractivity contribution in [3.8, 4) is 11.5 Å². The zero-order valence-corrected chi connectivity index (χ0v) is 15.1. The first-order valence-electron chi connectivity index (χ1n) is 7.70. The van der Waals surface area contributed by atoms with Crippen LogP contribution < -0.4 is 5.32 Å². The number of phenolic OH excluding ortho intramolecular Hbond substituents is 2. The first-order chi connectivity index (χ1) is 11.5. The van der Waals surface area contributed by atoms with Crippen molar-refractivity contribution in [1.82, 2.24) is 5.32 Å². The first kappa shape index (κ1) is 18.5. The number of carbonyl (C=O) groups is 1. The maximum absolute atomic E-state index is 12.1. The Bertz CT molecular complexity index is 644. The predicted octanol–water partition coefficient (Wildman–Crippen LogP) is 3.88. The molecule has 0 radical (unpaired) electrons. The van der Waals surface area contributed by atoms with Gasteiger partial charge in [0.1, 0.15) is 11.5 Å². The van der Waals surface area contributed by atoms with E-state index in [1.54, 1.807) is 48.2 Å². The van der Waals surface area contributed by atoms with Crippen molar-refractivity contribution in [2.45, 2.75) is 28.4 Å². The van der Waals surface area contributed by atoms with E-state index in [9.17, 15) is 15.0 Å². The average molecular weight is 364 g/mol. The molecule has 0 aliphatic heterocycles. The Hall–Kier alpha value is -1.79. The molecule has 1 amide bonds. The number of thioether (sulfide) groups is 2. The summed E-state index contributed by atoms with van der Waals surface area (Å²) in [7, 11) is 0. The van der Waals surface area contributed by atoms with Gasteiger partial charge >= 0.3 is 0 Å². The van der Waals surface area contributed by atoms with Crippen LogP contribution >= 0.6 is 23.5 Å². The fraction of sp³-hybridized carbons (Fsp3) is 0.278. The van der Waals surface area contributed by atoms with Gasteiger partial charge in [-0.25, -0.2) is 0 Å². The third-order valence-electron chi connectivity index (χ3n) is 3.24. The number of amides is 1. The van der Waals surface area contributed by atoms with Gasteiger partial charge in [0.25, 0.3) is 0 Å². The highest BCUT2D eigenvalue weighted by Crippen LogP contribution is 2.25. The van der Waals surface area contributed by atoms with Gasteiger partial charge in [-0.1, -0.05) is 0 Å². The topological polar surface area (TPSA) is 69.6 Å². The van der Waals surface area contributed by atoms with Crippen LogP contribution in [0.4, 0.5) is 0 Å². The van der Waals surface area contributed by atoms with E-state index < -0.39 is 0 Å². The summed E-state index contributed by atoms with van der Waals surface area (Å²) in [6.45, 7) is 2.52. The number of hydrogen-bond donors (Lipinski definition) is 3. The van der Waals surface area contributed by atoms with Crippen molar-refractivity contribution in [2.24, 2.45) is 0 Å². The van der Waals surface area contributed by atoms with Gasteiger partial charge in [0.2, 0.25) is 5.91 Å². The second-order valence-corrected chi connectivity index (χ2v) is 7.82. The van der Waals surface area contributed by atoms with E-state index in [-0.39, 0.29) is 22.7 Å². The Morgan fingerprint density at radius 1 is 1.00 bits per heavy atom. The highest BCUT2D eigenvalue weighted by Gasteiger charge is 2.13. The summed E-state index contributed by atoms with van der Waals surface area (Å²) < 4.78 is 0. The summed E-state index contributed by atoms with van der Waals surface area (Å²) >= 11 is 3.17. The second-order valence-electron chi connectivity index (χ2n) is 5.24. The van der Waals surface area contributed by atoms with Gasteiger partial charge in [-0.05, 0) is 67.6 Å². The Kier molecular flexibility index (Phi) is 7.34. The predicted molar refractivity (Wildman–Crippen MR) is 99.9 cm³/mol. The molecule has 2 aromatic rings. The molecule has 0 bridgehead atoms. The van der Waals surface area contributed by atoms with E-state index in [0.29, 0.717) is 6.54 Å². The first-order valence-corrected chi connectivity index (χ1v) is 9.56. The largest absolute Gasteiger partial charge is 0.508 e. The van der Waals surface area contributed by atoms with E-state index in [1.165, 1.54) is 11.8 Å². The van der Waals surface area contributed by atoms with Crippen LogP contribution in [0.5, 0.6) is 11.5 Å². The normalized spacial score (nSPS) is 11.9. The highest BCUT2D eigenvalue weighted by atomic mass is 32.2. The molecule has 2 rings (SSSR count). The Morgan fingerprint density at radius 3 is 2.12 bits per heavy atom. The summed E-state index contributed by atoms with van der Waals surface area (Å²) in [5.74, 6) is 1.42. The fourth-order valence-electron chi connectivity index (χ4n) is 1.94. The number of benzene rings is 2. The summed E-state index contributed by atoms with van der Waals surface area (Å²) in [6, 6.07) is 14.0. The van der Waals surface area contributed by atoms with Crippen molar-refractivity contribution in [3.63, 3.8) is 0 Å². The molecule has 6 heteroatoms. The van der Waals surface area contributed by atoms with Gasteiger partial charge in [-0.3, -0.25) is 4.79 Å². The molecule has 0 saturated carbocycles. The number of nitrogens with one attached hydrogen (secondary N) is 1. The van der Waals surface area contributed by atoms with E-state index in [1.807, 2.05) is 19.1 Å². The van der Waals surface area contributed by atoms with Gasteiger partial charge in [0.05, 0.1) is 5.25 Å². The van der Waals surface area contributed by atoms with Crippen LogP contribution in [0.1, 0.15) is 13.3 Å². The van der Waals surface area contributed by atoms with Crippen molar-refractivity contribution in [2.75, 3.05) is 12.3 Å². The Balaban J connectivity index is 1.63. The van der Waals surface area contributed by atoms with Gasteiger partial charge in [0.15, 0.2) is 0 Å². The van der Waals surface area contributed by atoms with E-state index in [0.717, 1.165) is 22.0 Å². The minimum absolute atomic E-state index is 0.0164. The van der Waals surface area contributed by atoms with E-state index >= 15 is 0 Å². The lowest BCUT2D eigenvalue weighted by Crippen LogP contribution is -2.31. The van der Waals surface area contributed by atoms with Crippen molar-refractivity contribution >= 4 is 29.4 Å². The minimum atomic E-state index is -0.181. The second kappa shape index (κ2) is 9.49. The standard InChI is InChI=1S/C18H21NO3S2/c1-13(24-17-9-5-15(21)6-10-17)18(22)19-11-2-12-23-16-7-3-14(20)4-8-16/h3-10,13,20-21H,2,11-12H2,1H3,(H,19,22). The van der Waals surface area contributed by atoms with Crippen molar-refractivity contribution < 1.29 is 15.0 Å². The zero-order chi connectivity index (χ0) is 17.4. The van der Waals surface area contributed by atoms with Crippen LogP contribution in [-0.2, 0) is 4.79 Å². The molecule has 0 spiro atoms. The third-order valence-corrected chi connectivity index (χ3v) is 5.45. The summed E-state index contributed by atoms with van der Waals surface area (Å²) in [5.41, 5.74) is 0. The lowest BCUT2D eigenvalue weighted by atomic mass is 10.3. The molecule has 0 aliphatic carbocycles. The molecule has 0 aliphatic rings. The summed E-state index contributed by atoms with van der Waals surface area (Å²) in [5, 5.41) is 21.3. The Labute approximate surface area is 150 Å². The van der Waals surface area contributed by atoms with Crippen molar-refractivity contribution in [1.29, 1.82) is 0 Å². The molecule has 0 saturated heterocycles. The fourth-order valence-corrected chi connectivity index (χ4v) is 3.69. The van der Waals surface area contributed by atoms with Crippen LogP contribution in [0.15, 0.2) is 58.3 Å². The molecule has 128 valence electrons. The van der Waals surface area contributed by atoms with Gasteiger partial charge < -0.3 is 15.5 Å². The molecule has 0 heterocycles. The lowest BCUT2D eigenvalue weighted by Gasteiger charge is -2.12. The maximum atomic E-state index is 12.1. The average Bonchev–Trinajstić information content (AvgIpc) is 2.58. The van der Waals surface area contributed by atoms with Crippen LogP contribution in [-0.4, -0.2) is 33.7 Å². The number of carbonyl (C=O) groups excluding carboxylic acids is 1. The quantitative estimate of drug-likeness (QED) is 0.490. The van der Waals surface area contributed by atoms with E-state index in [4.69, 9.17) is 0 Å². The molecule has 2 aromatic carbocycles. The maximum Gasteiger partial charge on any atom is 0.233 e. The number of phenols is 2. The Morgan fingerprint density at radius 2 is 1.54 bits per heavy atom. The third kappa shape index (κ3) is 6.37. The molecule has 3 N–H and O–H groups in total. The summed E-state index contributed by atoms with van der Waals surface area (Å²) in [6.07, 6.45) is 0.883. The molecular weight excluding hydrogens is 342 g/mol. The van der Waals surface area contributed by atoms with Crippen LogP contribution in [0.3, 0.4) is 0 Å². The molecule has 0 aromatic heterocycles. The molecule has 4 nitrogen and oxygen atoms in total. The van der Waals surface area contributed by atoms with Crippen molar-refractivity contribution in [3.05, 3.63) is 48.5 Å². The SMILES string of the molecule is CC(Sc1ccc(O)cc1)C(=O)NCCCSc1ccc(O)cc1. The molecule has 0 fully saturated rings.